The SMILES string of the molecule is CCCCCCCCCCCCCc1ccccc1P(c1ccccc1)c1ccccc1. The van der Waals surface area contributed by atoms with Crippen molar-refractivity contribution in [3.8, 4) is 0 Å². The Balaban J connectivity index is 1.53. The molecular formula is C31H41P. The molecule has 0 radical (unpaired) electrons. The van der Waals surface area contributed by atoms with Gasteiger partial charge in [-0.2, -0.15) is 0 Å². The predicted octanol–water partition coefficient (Wildman–Crippen LogP) is 8.30. The van der Waals surface area contributed by atoms with E-state index >= 15 is 0 Å². The molecule has 0 fully saturated rings. The van der Waals surface area contributed by atoms with Crippen LogP contribution < -0.4 is 15.9 Å². The molecule has 0 bridgehead atoms. The van der Waals surface area contributed by atoms with Gasteiger partial charge in [0.15, 0.2) is 0 Å². The molecule has 0 amide bonds. The standard InChI is InChI=1S/C31H41P/c1-2-3-4-5-6-7-8-9-10-11-14-21-28-22-19-20-27-31(28)32(29-23-15-12-16-24-29)30-25-17-13-18-26-30/h12-13,15-20,22-27H,2-11,14,21H2,1H3. The number of hydrogen-bond acceptors (Lipinski definition) is 0. The highest BCUT2D eigenvalue weighted by atomic mass is 31.1. The van der Waals surface area contributed by atoms with Gasteiger partial charge in [0.1, 0.15) is 0 Å². The molecule has 170 valence electrons. The van der Waals surface area contributed by atoms with Crippen molar-refractivity contribution in [2.75, 3.05) is 0 Å². The highest BCUT2D eigenvalue weighted by Gasteiger charge is 2.18. The van der Waals surface area contributed by atoms with Gasteiger partial charge < -0.3 is 0 Å². The molecule has 0 aliphatic rings. The third-order valence-electron chi connectivity index (χ3n) is 6.31. The first-order valence-electron chi connectivity index (χ1n) is 12.9. The van der Waals surface area contributed by atoms with Crippen LogP contribution in [0.1, 0.15) is 83.1 Å². The van der Waals surface area contributed by atoms with Crippen LogP contribution in [0.25, 0.3) is 0 Å². The normalized spacial score (nSPS) is 11.2. The minimum Gasteiger partial charge on any atom is -0.0654 e. The molecule has 0 spiro atoms. The average Bonchev–Trinajstić information content (AvgIpc) is 2.85. The number of unbranched alkanes of at least 4 members (excludes halogenated alkanes) is 10. The molecular weight excluding hydrogens is 403 g/mol. The fourth-order valence-electron chi connectivity index (χ4n) is 4.50. The molecule has 3 rings (SSSR count). The maximum atomic E-state index is 2.37. The first-order chi connectivity index (χ1) is 15.9. The summed E-state index contributed by atoms with van der Waals surface area (Å²) < 4.78 is 0. The molecule has 0 unspecified atom stereocenters. The summed E-state index contributed by atoms with van der Waals surface area (Å²) in [4.78, 5) is 0. The lowest BCUT2D eigenvalue weighted by Gasteiger charge is -2.22. The van der Waals surface area contributed by atoms with Crippen molar-refractivity contribution >= 4 is 23.8 Å². The first-order valence-corrected chi connectivity index (χ1v) is 14.2. The number of aryl methyl sites for hydroxylation is 1. The first kappa shape index (κ1) is 24.7. The third-order valence-corrected chi connectivity index (χ3v) is 8.86. The van der Waals surface area contributed by atoms with E-state index in [-0.39, 0.29) is 0 Å². The van der Waals surface area contributed by atoms with Crippen LogP contribution in [0.15, 0.2) is 84.9 Å². The Hall–Kier alpha value is -1.91. The van der Waals surface area contributed by atoms with Gasteiger partial charge in [0.2, 0.25) is 0 Å². The zero-order valence-electron chi connectivity index (χ0n) is 20.0. The Bertz CT molecular complexity index is 816. The van der Waals surface area contributed by atoms with Crippen LogP contribution in [0.3, 0.4) is 0 Å². The molecule has 0 aliphatic heterocycles. The minimum absolute atomic E-state index is 0.506. The molecule has 3 aromatic rings. The molecule has 0 atom stereocenters. The van der Waals surface area contributed by atoms with E-state index in [1.165, 1.54) is 93.0 Å². The Morgan fingerprint density at radius 1 is 0.469 bits per heavy atom. The Labute approximate surface area is 198 Å². The summed E-state index contributed by atoms with van der Waals surface area (Å²) in [5.41, 5.74) is 1.54. The molecule has 0 saturated heterocycles. The molecule has 0 N–H and O–H groups in total. The van der Waals surface area contributed by atoms with E-state index < -0.39 is 7.92 Å². The lowest BCUT2D eigenvalue weighted by atomic mass is 10.0. The predicted molar refractivity (Wildman–Crippen MR) is 145 cm³/mol. The molecule has 0 nitrogen and oxygen atoms in total. The number of benzene rings is 3. The molecule has 3 aromatic carbocycles. The molecule has 1 heteroatoms. The van der Waals surface area contributed by atoms with Crippen LogP contribution in [0.5, 0.6) is 0 Å². The van der Waals surface area contributed by atoms with Crippen molar-refractivity contribution < 1.29 is 0 Å². The third kappa shape index (κ3) is 8.22. The van der Waals surface area contributed by atoms with Gasteiger partial charge in [-0.1, -0.05) is 156 Å². The zero-order chi connectivity index (χ0) is 22.3. The van der Waals surface area contributed by atoms with Crippen molar-refractivity contribution in [1.29, 1.82) is 0 Å². The highest BCUT2D eigenvalue weighted by molar-refractivity contribution is 7.79. The topological polar surface area (TPSA) is 0 Å². The summed E-state index contributed by atoms with van der Waals surface area (Å²) in [5.74, 6) is 0. The fraction of sp³-hybridized carbons (Fsp3) is 0.419. The second-order valence-electron chi connectivity index (χ2n) is 8.92. The van der Waals surface area contributed by atoms with Gasteiger partial charge in [0, 0.05) is 0 Å². The van der Waals surface area contributed by atoms with Crippen molar-refractivity contribution in [3.05, 3.63) is 90.5 Å². The van der Waals surface area contributed by atoms with Gasteiger partial charge in [0.05, 0.1) is 0 Å². The van der Waals surface area contributed by atoms with Gasteiger partial charge in [0.25, 0.3) is 0 Å². The van der Waals surface area contributed by atoms with Crippen LogP contribution in [0, 0.1) is 0 Å². The van der Waals surface area contributed by atoms with E-state index in [1.807, 2.05) is 0 Å². The monoisotopic (exact) mass is 444 g/mol. The van der Waals surface area contributed by atoms with Crippen LogP contribution >= 0.6 is 7.92 Å². The number of rotatable bonds is 15. The summed E-state index contributed by atoms with van der Waals surface area (Å²) in [6, 6.07) is 31.4. The average molecular weight is 445 g/mol. The zero-order valence-corrected chi connectivity index (χ0v) is 20.9. The summed E-state index contributed by atoms with van der Waals surface area (Å²) in [7, 11) is -0.506. The van der Waals surface area contributed by atoms with Crippen LogP contribution in [-0.2, 0) is 6.42 Å². The van der Waals surface area contributed by atoms with Gasteiger partial charge in [-0.25, -0.2) is 0 Å². The van der Waals surface area contributed by atoms with E-state index in [9.17, 15) is 0 Å². The van der Waals surface area contributed by atoms with Crippen molar-refractivity contribution in [2.24, 2.45) is 0 Å². The summed E-state index contributed by atoms with van der Waals surface area (Å²) in [6.45, 7) is 2.29. The van der Waals surface area contributed by atoms with Crippen molar-refractivity contribution in [3.63, 3.8) is 0 Å². The molecule has 0 heterocycles. The second-order valence-corrected chi connectivity index (χ2v) is 11.1. The molecule has 32 heavy (non-hydrogen) atoms. The molecule has 0 aromatic heterocycles. The van der Waals surface area contributed by atoms with E-state index in [2.05, 4.69) is 91.9 Å². The van der Waals surface area contributed by atoms with E-state index in [1.54, 1.807) is 5.56 Å². The van der Waals surface area contributed by atoms with Gasteiger partial charge >= 0.3 is 0 Å². The maximum absolute atomic E-state index is 2.37. The lowest BCUT2D eigenvalue weighted by molar-refractivity contribution is 0.549. The van der Waals surface area contributed by atoms with E-state index in [4.69, 9.17) is 0 Å². The lowest BCUT2D eigenvalue weighted by Crippen LogP contribution is -2.23. The fourth-order valence-corrected chi connectivity index (χ4v) is 7.01. The van der Waals surface area contributed by atoms with Gasteiger partial charge in [-0.05, 0) is 42.2 Å². The quantitative estimate of drug-likeness (QED) is 0.163. The van der Waals surface area contributed by atoms with Crippen LogP contribution in [-0.4, -0.2) is 0 Å². The molecule has 0 saturated carbocycles. The van der Waals surface area contributed by atoms with E-state index in [0.29, 0.717) is 0 Å². The van der Waals surface area contributed by atoms with Crippen molar-refractivity contribution in [1.82, 2.24) is 0 Å². The minimum atomic E-state index is -0.506. The summed E-state index contributed by atoms with van der Waals surface area (Å²) in [6.07, 6.45) is 16.6. The second kappa shape index (κ2) is 15.0. The van der Waals surface area contributed by atoms with Crippen LogP contribution in [0.2, 0.25) is 0 Å². The smallest absolute Gasteiger partial charge is 0.0119 e. The Kier molecular flexibility index (Phi) is 11.6. The van der Waals surface area contributed by atoms with Gasteiger partial charge in [-0.15, -0.1) is 0 Å². The maximum Gasteiger partial charge on any atom is -0.0119 e. The summed E-state index contributed by atoms with van der Waals surface area (Å²) in [5, 5.41) is 4.42. The van der Waals surface area contributed by atoms with E-state index in [0.717, 1.165) is 0 Å². The summed E-state index contributed by atoms with van der Waals surface area (Å²) >= 11 is 0. The largest absolute Gasteiger partial charge is 0.0654 e. The Morgan fingerprint density at radius 2 is 0.906 bits per heavy atom. The Morgan fingerprint density at radius 3 is 1.44 bits per heavy atom. The number of hydrogen-bond donors (Lipinski definition) is 0. The van der Waals surface area contributed by atoms with Crippen LogP contribution in [0.4, 0.5) is 0 Å². The molecule has 0 aliphatic carbocycles. The highest BCUT2D eigenvalue weighted by Crippen LogP contribution is 2.34. The van der Waals surface area contributed by atoms with Gasteiger partial charge in [-0.3, -0.25) is 0 Å². The van der Waals surface area contributed by atoms with Crippen molar-refractivity contribution in [2.45, 2.75) is 84.0 Å².